The van der Waals surface area contributed by atoms with Gasteiger partial charge in [-0.05, 0) is 41.0 Å². The molecule has 0 aliphatic carbocycles. The van der Waals surface area contributed by atoms with Crippen molar-refractivity contribution in [1.29, 1.82) is 0 Å². The molecule has 3 rings (SSSR count). The molecule has 3 nitrogen and oxygen atoms in total. The van der Waals surface area contributed by atoms with Gasteiger partial charge in [0.1, 0.15) is 23.9 Å². The first-order valence-corrected chi connectivity index (χ1v) is 8.69. The Labute approximate surface area is 163 Å². The molecule has 3 aromatic rings. The van der Waals surface area contributed by atoms with Gasteiger partial charge in [0.25, 0.3) is 0 Å². The fourth-order valence-corrected chi connectivity index (χ4v) is 2.69. The van der Waals surface area contributed by atoms with E-state index in [4.69, 9.17) is 9.47 Å². The fourth-order valence-electron chi connectivity index (χ4n) is 2.69. The molecule has 0 atom stereocenters. The summed E-state index contributed by atoms with van der Waals surface area (Å²) in [6.07, 6.45) is 2.73. The summed E-state index contributed by atoms with van der Waals surface area (Å²) in [5.74, 6) is -0.177. The van der Waals surface area contributed by atoms with E-state index in [9.17, 15) is 9.18 Å². The first-order valence-electron chi connectivity index (χ1n) is 8.69. The third kappa shape index (κ3) is 4.54. The van der Waals surface area contributed by atoms with Gasteiger partial charge in [-0.3, -0.25) is 0 Å². The maximum absolute atomic E-state index is 14.4. The minimum atomic E-state index is -0.627. The predicted molar refractivity (Wildman–Crippen MR) is 109 cm³/mol. The van der Waals surface area contributed by atoms with E-state index < -0.39 is 11.8 Å². The summed E-state index contributed by atoms with van der Waals surface area (Å²) in [6, 6.07) is 19.6. The zero-order valence-corrected chi connectivity index (χ0v) is 15.2. The van der Waals surface area contributed by atoms with Gasteiger partial charge in [-0.1, -0.05) is 55.6 Å². The number of rotatable bonds is 7. The van der Waals surface area contributed by atoms with Gasteiger partial charge < -0.3 is 9.47 Å². The van der Waals surface area contributed by atoms with Crippen LogP contribution in [0.1, 0.15) is 0 Å². The molecule has 0 saturated carbocycles. The van der Waals surface area contributed by atoms with Gasteiger partial charge in [-0.15, -0.1) is 0 Å². The molecule has 3 aromatic carbocycles. The lowest BCUT2D eigenvalue weighted by Crippen LogP contribution is -2.03. The fraction of sp³-hybridized carbons (Fsp3) is 0.0417. The lowest BCUT2D eigenvalue weighted by atomic mass is 10.00. The van der Waals surface area contributed by atoms with Crippen molar-refractivity contribution in [3.05, 3.63) is 97.9 Å². The minimum Gasteiger partial charge on any atom is -0.490 e. The highest BCUT2D eigenvalue weighted by atomic mass is 19.1. The SMILES string of the molecule is C=CCOc1ccc(-c2ccc(-c3ccc(OC(=O)C=C)cc3F)cc2)cc1. The van der Waals surface area contributed by atoms with Crippen molar-refractivity contribution in [1.82, 2.24) is 0 Å². The molecule has 0 aliphatic rings. The largest absolute Gasteiger partial charge is 0.490 e. The van der Waals surface area contributed by atoms with Crippen LogP contribution in [0.25, 0.3) is 22.3 Å². The molecule has 0 unspecified atom stereocenters. The summed E-state index contributed by atoms with van der Waals surface area (Å²) in [5.41, 5.74) is 3.20. The molecule has 0 radical (unpaired) electrons. The molecule has 0 aromatic heterocycles. The van der Waals surface area contributed by atoms with Crippen LogP contribution in [-0.2, 0) is 4.79 Å². The lowest BCUT2D eigenvalue weighted by Gasteiger charge is -2.09. The molecule has 140 valence electrons. The van der Waals surface area contributed by atoms with E-state index in [2.05, 4.69) is 13.2 Å². The molecular weight excluding hydrogens is 355 g/mol. The van der Waals surface area contributed by atoms with Crippen LogP contribution in [0.2, 0.25) is 0 Å². The van der Waals surface area contributed by atoms with E-state index in [1.165, 1.54) is 6.07 Å². The number of esters is 1. The number of hydrogen-bond acceptors (Lipinski definition) is 3. The molecule has 0 spiro atoms. The Hall–Kier alpha value is -3.66. The number of carbonyl (C=O) groups is 1. The van der Waals surface area contributed by atoms with Crippen molar-refractivity contribution in [3.8, 4) is 33.8 Å². The first-order chi connectivity index (χ1) is 13.6. The van der Waals surface area contributed by atoms with Gasteiger partial charge in [0.05, 0.1) is 0 Å². The molecule has 28 heavy (non-hydrogen) atoms. The average molecular weight is 374 g/mol. The number of carbonyl (C=O) groups excluding carboxylic acids is 1. The Balaban J connectivity index is 1.78. The maximum atomic E-state index is 14.4. The van der Waals surface area contributed by atoms with E-state index in [-0.39, 0.29) is 5.75 Å². The molecule has 0 fully saturated rings. The van der Waals surface area contributed by atoms with Gasteiger partial charge in [-0.25, -0.2) is 9.18 Å². The second-order valence-electron chi connectivity index (χ2n) is 5.97. The molecule has 0 bridgehead atoms. The lowest BCUT2D eigenvalue weighted by molar-refractivity contribution is -0.128. The zero-order chi connectivity index (χ0) is 19.9. The quantitative estimate of drug-likeness (QED) is 0.226. The minimum absolute atomic E-state index is 0.140. The molecule has 0 N–H and O–H groups in total. The van der Waals surface area contributed by atoms with E-state index in [0.29, 0.717) is 12.2 Å². The third-order valence-electron chi connectivity index (χ3n) is 4.08. The Morgan fingerprint density at radius 3 is 2.00 bits per heavy atom. The number of hydrogen-bond donors (Lipinski definition) is 0. The highest BCUT2D eigenvalue weighted by Gasteiger charge is 2.09. The highest BCUT2D eigenvalue weighted by Crippen LogP contribution is 2.29. The standard InChI is InChI=1S/C24H19FO3/c1-3-15-27-20-11-9-18(10-12-20)17-5-7-19(8-6-17)22-14-13-21(16-23(22)25)28-24(26)4-2/h3-14,16H,1-2,15H2. The van der Waals surface area contributed by atoms with Gasteiger partial charge in [0.2, 0.25) is 0 Å². The molecule has 0 amide bonds. The smallest absolute Gasteiger partial charge is 0.335 e. The van der Waals surface area contributed by atoms with Crippen molar-refractivity contribution >= 4 is 5.97 Å². The van der Waals surface area contributed by atoms with Crippen molar-refractivity contribution in [3.63, 3.8) is 0 Å². The van der Waals surface area contributed by atoms with Gasteiger partial charge >= 0.3 is 5.97 Å². The summed E-state index contributed by atoms with van der Waals surface area (Å²) in [6.45, 7) is 7.40. The van der Waals surface area contributed by atoms with Crippen molar-refractivity contribution < 1.29 is 18.7 Å². The van der Waals surface area contributed by atoms with Crippen molar-refractivity contribution in [2.24, 2.45) is 0 Å². The zero-order valence-electron chi connectivity index (χ0n) is 15.2. The van der Waals surface area contributed by atoms with E-state index in [0.717, 1.165) is 28.5 Å². The molecule has 0 aliphatic heterocycles. The summed E-state index contributed by atoms with van der Waals surface area (Å²) in [4.78, 5) is 11.2. The summed E-state index contributed by atoms with van der Waals surface area (Å²) < 4.78 is 24.8. The van der Waals surface area contributed by atoms with Crippen LogP contribution >= 0.6 is 0 Å². The third-order valence-corrected chi connectivity index (χ3v) is 4.08. The van der Waals surface area contributed by atoms with Crippen LogP contribution < -0.4 is 9.47 Å². The van der Waals surface area contributed by atoms with Crippen LogP contribution in [0.5, 0.6) is 11.5 Å². The molecule has 4 heteroatoms. The number of benzene rings is 3. The number of ether oxygens (including phenoxy) is 2. The molecular formula is C24H19FO3. The monoisotopic (exact) mass is 374 g/mol. The second-order valence-corrected chi connectivity index (χ2v) is 5.97. The van der Waals surface area contributed by atoms with E-state index >= 15 is 0 Å². The van der Waals surface area contributed by atoms with Crippen LogP contribution in [-0.4, -0.2) is 12.6 Å². The van der Waals surface area contributed by atoms with Crippen LogP contribution in [0.15, 0.2) is 92.0 Å². The van der Waals surface area contributed by atoms with Crippen LogP contribution in [0.4, 0.5) is 4.39 Å². The average Bonchev–Trinajstić information content (AvgIpc) is 2.73. The van der Waals surface area contributed by atoms with E-state index in [1.54, 1.807) is 18.2 Å². The summed E-state index contributed by atoms with van der Waals surface area (Å²) in [7, 11) is 0. The molecule has 0 saturated heterocycles. The van der Waals surface area contributed by atoms with Crippen molar-refractivity contribution in [2.45, 2.75) is 0 Å². The maximum Gasteiger partial charge on any atom is 0.335 e. The Kier molecular flexibility index (Phi) is 6.02. The van der Waals surface area contributed by atoms with Crippen LogP contribution in [0, 0.1) is 5.82 Å². The van der Waals surface area contributed by atoms with Gasteiger partial charge in [-0.2, -0.15) is 0 Å². The first kappa shape index (κ1) is 19.1. The topological polar surface area (TPSA) is 35.5 Å². The Morgan fingerprint density at radius 1 is 0.857 bits per heavy atom. The normalized spacial score (nSPS) is 10.2. The molecule has 0 heterocycles. The summed E-state index contributed by atoms with van der Waals surface area (Å²) >= 11 is 0. The number of halogens is 1. The van der Waals surface area contributed by atoms with E-state index in [1.807, 2.05) is 48.5 Å². The van der Waals surface area contributed by atoms with Crippen LogP contribution in [0.3, 0.4) is 0 Å². The Morgan fingerprint density at radius 2 is 1.43 bits per heavy atom. The second kappa shape index (κ2) is 8.82. The van der Waals surface area contributed by atoms with Gasteiger partial charge in [0.15, 0.2) is 0 Å². The Bertz CT molecular complexity index is 989. The summed E-state index contributed by atoms with van der Waals surface area (Å²) in [5, 5.41) is 0. The van der Waals surface area contributed by atoms with Crippen molar-refractivity contribution in [2.75, 3.05) is 6.61 Å². The van der Waals surface area contributed by atoms with Gasteiger partial charge in [0, 0.05) is 17.7 Å². The highest BCUT2D eigenvalue weighted by molar-refractivity contribution is 5.83. The predicted octanol–water partition coefficient (Wildman–Crippen LogP) is 5.82.